The van der Waals surface area contributed by atoms with E-state index in [1.807, 2.05) is 24.3 Å². The first-order valence-electron chi connectivity index (χ1n) is 10.4. The molecule has 0 spiro atoms. The third kappa shape index (κ3) is 4.13. The maximum absolute atomic E-state index is 13.0. The highest BCUT2D eigenvalue weighted by Gasteiger charge is 2.54. The van der Waals surface area contributed by atoms with Gasteiger partial charge in [0.1, 0.15) is 5.75 Å². The normalized spacial score (nSPS) is 30.8. The van der Waals surface area contributed by atoms with Gasteiger partial charge in [0.15, 0.2) is 5.11 Å². The molecule has 1 amide bonds. The zero-order chi connectivity index (χ0) is 18.9. The van der Waals surface area contributed by atoms with Gasteiger partial charge in [0, 0.05) is 5.69 Å². The number of ether oxygens (including phenoxy) is 1. The molecule has 4 bridgehead atoms. The van der Waals surface area contributed by atoms with Crippen molar-refractivity contribution in [2.24, 2.45) is 23.2 Å². The largest absolute Gasteiger partial charge is 0.494 e. The second-order valence-electron chi connectivity index (χ2n) is 8.83. The molecule has 5 heteroatoms. The number of carbonyl (C=O) groups excluding carboxylic acids is 1. The van der Waals surface area contributed by atoms with E-state index >= 15 is 0 Å². The fourth-order valence-corrected chi connectivity index (χ4v) is 5.97. The maximum atomic E-state index is 13.0. The van der Waals surface area contributed by atoms with E-state index in [9.17, 15) is 4.79 Å². The van der Waals surface area contributed by atoms with Crippen molar-refractivity contribution in [3.05, 3.63) is 24.3 Å². The summed E-state index contributed by atoms with van der Waals surface area (Å²) in [5.41, 5.74) is 0.700. The highest BCUT2D eigenvalue weighted by Crippen LogP contribution is 2.60. The predicted molar refractivity (Wildman–Crippen MR) is 112 cm³/mol. The average Bonchev–Trinajstić information content (AvgIpc) is 2.62. The lowest BCUT2D eigenvalue weighted by molar-refractivity contribution is -0.144. The van der Waals surface area contributed by atoms with Gasteiger partial charge in [-0.25, -0.2) is 0 Å². The van der Waals surface area contributed by atoms with E-state index < -0.39 is 0 Å². The highest BCUT2D eigenvalue weighted by atomic mass is 32.1. The van der Waals surface area contributed by atoms with Crippen LogP contribution in [0.4, 0.5) is 5.69 Å². The summed E-state index contributed by atoms with van der Waals surface area (Å²) in [5.74, 6) is 3.26. The highest BCUT2D eigenvalue weighted by molar-refractivity contribution is 7.80. The van der Waals surface area contributed by atoms with Gasteiger partial charge in [0.25, 0.3) is 0 Å². The molecule has 1 aromatic rings. The molecule has 1 aromatic carbocycles. The molecule has 0 aliphatic heterocycles. The van der Waals surface area contributed by atoms with Gasteiger partial charge in [0.05, 0.1) is 12.0 Å². The third-order valence-electron chi connectivity index (χ3n) is 6.63. The smallest absolute Gasteiger partial charge is 0.232 e. The Hall–Kier alpha value is -1.62. The fourth-order valence-electron chi connectivity index (χ4n) is 5.76. The monoisotopic (exact) mass is 386 g/mol. The lowest BCUT2D eigenvalue weighted by Gasteiger charge is -2.55. The first-order chi connectivity index (χ1) is 13.1. The van der Waals surface area contributed by atoms with Gasteiger partial charge in [-0.1, -0.05) is 13.3 Å². The van der Waals surface area contributed by atoms with Gasteiger partial charge in [-0.3, -0.25) is 4.79 Å². The van der Waals surface area contributed by atoms with Crippen molar-refractivity contribution in [2.45, 2.75) is 58.3 Å². The Morgan fingerprint density at radius 1 is 1.11 bits per heavy atom. The molecule has 4 fully saturated rings. The lowest BCUT2D eigenvalue weighted by atomic mass is 9.49. The van der Waals surface area contributed by atoms with Crippen molar-refractivity contribution >= 4 is 28.9 Å². The van der Waals surface area contributed by atoms with Gasteiger partial charge >= 0.3 is 0 Å². The first kappa shape index (κ1) is 18.7. The molecular formula is C22H30N2O2S. The average molecular weight is 387 g/mol. The molecule has 0 radical (unpaired) electrons. The van der Waals surface area contributed by atoms with Crippen LogP contribution in [0.1, 0.15) is 58.3 Å². The summed E-state index contributed by atoms with van der Waals surface area (Å²) in [7, 11) is 0. The minimum atomic E-state index is -0.169. The molecule has 0 unspecified atom stereocenters. The minimum absolute atomic E-state index is 0.138. The molecule has 4 aliphatic rings. The van der Waals surface area contributed by atoms with Crippen molar-refractivity contribution in [3.63, 3.8) is 0 Å². The van der Waals surface area contributed by atoms with Crippen LogP contribution in [0.2, 0.25) is 0 Å². The summed E-state index contributed by atoms with van der Waals surface area (Å²) < 4.78 is 5.68. The molecule has 0 heterocycles. The van der Waals surface area contributed by atoms with Gasteiger partial charge in [0.2, 0.25) is 5.91 Å². The van der Waals surface area contributed by atoms with Gasteiger partial charge in [-0.15, -0.1) is 0 Å². The van der Waals surface area contributed by atoms with E-state index in [0.717, 1.165) is 67.9 Å². The number of benzene rings is 1. The van der Waals surface area contributed by atoms with E-state index in [1.165, 1.54) is 19.3 Å². The molecule has 5 rings (SSSR count). The van der Waals surface area contributed by atoms with E-state index in [-0.39, 0.29) is 11.3 Å². The Bertz CT molecular complexity index is 665. The fraction of sp³-hybridized carbons (Fsp3) is 0.636. The minimum Gasteiger partial charge on any atom is -0.494 e. The number of rotatable bonds is 6. The molecule has 0 atom stereocenters. The standard InChI is InChI=1S/C22H30N2O2S/c1-2-3-8-26-19-6-4-18(5-7-19)23-21(27)24-20(25)22-12-15-9-16(13-22)11-17(10-15)14-22/h4-7,15-17H,2-3,8-14H2,1H3,(H2,23,24,25,27). The first-order valence-corrected chi connectivity index (χ1v) is 10.8. The molecular weight excluding hydrogens is 356 g/mol. The van der Waals surface area contributed by atoms with Crippen LogP contribution in [0.25, 0.3) is 0 Å². The van der Waals surface area contributed by atoms with Crippen LogP contribution in [0.5, 0.6) is 5.75 Å². The molecule has 146 valence electrons. The number of thiocarbonyl (C=S) groups is 1. The van der Waals surface area contributed by atoms with Crippen LogP contribution in [-0.4, -0.2) is 17.6 Å². The molecule has 2 N–H and O–H groups in total. The lowest BCUT2D eigenvalue weighted by Crippen LogP contribution is -2.55. The maximum Gasteiger partial charge on any atom is 0.232 e. The molecule has 0 aromatic heterocycles. The second kappa shape index (κ2) is 7.78. The topological polar surface area (TPSA) is 50.4 Å². The van der Waals surface area contributed by atoms with E-state index in [4.69, 9.17) is 17.0 Å². The van der Waals surface area contributed by atoms with E-state index in [0.29, 0.717) is 5.11 Å². The van der Waals surface area contributed by atoms with Crippen LogP contribution >= 0.6 is 12.2 Å². The summed E-state index contributed by atoms with van der Waals surface area (Å²) >= 11 is 5.41. The summed E-state index contributed by atoms with van der Waals surface area (Å²) in [6.07, 6.45) is 9.34. The van der Waals surface area contributed by atoms with Crippen LogP contribution < -0.4 is 15.4 Å². The van der Waals surface area contributed by atoms with Crippen molar-refractivity contribution in [1.82, 2.24) is 5.32 Å². The molecule has 4 aliphatic carbocycles. The number of unbranched alkanes of at least 4 members (excludes halogenated alkanes) is 1. The molecule has 4 nitrogen and oxygen atoms in total. The SMILES string of the molecule is CCCCOc1ccc(NC(=S)NC(=O)C23CC4CC(CC(C4)C2)C3)cc1. The van der Waals surface area contributed by atoms with E-state index in [1.54, 1.807) is 0 Å². The molecule has 0 saturated heterocycles. The van der Waals surface area contributed by atoms with Crippen LogP contribution in [0, 0.1) is 23.2 Å². The Morgan fingerprint density at radius 3 is 2.26 bits per heavy atom. The van der Waals surface area contributed by atoms with Crippen molar-refractivity contribution < 1.29 is 9.53 Å². The van der Waals surface area contributed by atoms with Crippen molar-refractivity contribution in [2.75, 3.05) is 11.9 Å². The van der Waals surface area contributed by atoms with E-state index in [2.05, 4.69) is 17.6 Å². The number of hydrogen-bond acceptors (Lipinski definition) is 3. The summed E-state index contributed by atoms with van der Waals surface area (Å²) in [6.45, 7) is 2.89. The number of nitrogens with one attached hydrogen (secondary N) is 2. The van der Waals surface area contributed by atoms with Gasteiger partial charge in [-0.2, -0.15) is 0 Å². The van der Waals surface area contributed by atoms with Crippen molar-refractivity contribution in [1.29, 1.82) is 0 Å². The zero-order valence-corrected chi connectivity index (χ0v) is 16.9. The Balaban J connectivity index is 1.31. The number of carbonyl (C=O) groups is 1. The van der Waals surface area contributed by atoms with Crippen LogP contribution in [0.15, 0.2) is 24.3 Å². The molecule has 27 heavy (non-hydrogen) atoms. The Labute approximate surface area is 167 Å². The van der Waals surface area contributed by atoms with Crippen molar-refractivity contribution in [3.8, 4) is 5.75 Å². The van der Waals surface area contributed by atoms with Crippen LogP contribution in [0.3, 0.4) is 0 Å². The quantitative estimate of drug-likeness (QED) is 0.540. The number of hydrogen-bond donors (Lipinski definition) is 2. The Kier molecular flexibility index (Phi) is 5.40. The Morgan fingerprint density at radius 2 is 1.70 bits per heavy atom. The summed E-state index contributed by atoms with van der Waals surface area (Å²) in [4.78, 5) is 13.0. The summed E-state index contributed by atoms with van der Waals surface area (Å²) in [5, 5.41) is 6.53. The predicted octanol–water partition coefficient (Wildman–Crippen LogP) is 4.89. The number of anilines is 1. The zero-order valence-electron chi connectivity index (χ0n) is 16.1. The van der Waals surface area contributed by atoms with Gasteiger partial charge in [-0.05, 0) is 99.2 Å². The summed E-state index contributed by atoms with van der Waals surface area (Å²) in [6, 6.07) is 7.73. The third-order valence-corrected chi connectivity index (χ3v) is 6.83. The van der Waals surface area contributed by atoms with Crippen LogP contribution in [-0.2, 0) is 4.79 Å². The second-order valence-corrected chi connectivity index (χ2v) is 9.24. The number of amides is 1. The molecule has 4 saturated carbocycles. The van der Waals surface area contributed by atoms with Gasteiger partial charge < -0.3 is 15.4 Å².